The van der Waals surface area contributed by atoms with E-state index in [0.717, 1.165) is 28.2 Å². The van der Waals surface area contributed by atoms with Gasteiger partial charge in [0.05, 0.1) is 5.69 Å². The van der Waals surface area contributed by atoms with Gasteiger partial charge in [-0.15, -0.1) is 0 Å². The Morgan fingerprint density at radius 2 is 1.59 bits per heavy atom. The lowest BCUT2D eigenvalue weighted by Gasteiger charge is -2.16. The quantitative estimate of drug-likeness (QED) is 0.371. The van der Waals surface area contributed by atoms with E-state index in [2.05, 4.69) is 64.8 Å². The zero-order valence-corrected chi connectivity index (χ0v) is 16.7. The highest BCUT2D eigenvalue weighted by molar-refractivity contribution is 5.89. The second-order valence-corrected chi connectivity index (χ2v) is 7.33. The molecule has 0 unspecified atom stereocenters. The predicted octanol–water partition coefficient (Wildman–Crippen LogP) is 6.27. The van der Waals surface area contributed by atoms with Crippen LogP contribution in [0.4, 0.5) is 0 Å². The monoisotopic (exact) mass is 379 g/mol. The van der Waals surface area contributed by atoms with E-state index in [4.69, 9.17) is 4.42 Å². The number of hydrogen-bond acceptors (Lipinski definition) is 3. The summed E-state index contributed by atoms with van der Waals surface area (Å²) in [6.45, 7) is 6.17. The Kier molecular flexibility index (Phi) is 4.06. The molecule has 4 nitrogen and oxygen atoms in total. The number of imidazole rings is 1. The molecule has 0 saturated heterocycles. The lowest BCUT2D eigenvalue weighted by molar-refractivity contribution is 0.561. The summed E-state index contributed by atoms with van der Waals surface area (Å²) in [5.74, 6) is 1.52. The molecule has 142 valence electrons. The number of oxazole rings is 1. The van der Waals surface area contributed by atoms with Crippen LogP contribution in [0.25, 0.3) is 39.3 Å². The molecule has 0 saturated carbocycles. The fourth-order valence-electron chi connectivity index (χ4n) is 4.06. The van der Waals surface area contributed by atoms with Gasteiger partial charge in [0.2, 0.25) is 0 Å². The van der Waals surface area contributed by atoms with E-state index in [0.29, 0.717) is 5.89 Å². The van der Waals surface area contributed by atoms with Crippen molar-refractivity contribution >= 4 is 11.1 Å². The highest BCUT2D eigenvalue weighted by atomic mass is 16.3. The molecule has 3 aromatic carbocycles. The second-order valence-electron chi connectivity index (χ2n) is 7.33. The van der Waals surface area contributed by atoms with Crippen molar-refractivity contribution in [1.82, 2.24) is 14.5 Å². The normalized spacial score (nSPS) is 11.3. The van der Waals surface area contributed by atoms with Crippen LogP contribution >= 0.6 is 0 Å². The van der Waals surface area contributed by atoms with E-state index in [1.54, 1.807) is 0 Å². The fraction of sp³-hybridized carbons (Fsp3) is 0.120. The van der Waals surface area contributed by atoms with E-state index >= 15 is 0 Å². The van der Waals surface area contributed by atoms with Crippen LogP contribution in [-0.2, 0) is 0 Å². The van der Waals surface area contributed by atoms with E-state index in [1.807, 2.05) is 43.6 Å². The van der Waals surface area contributed by atoms with Crippen molar-refractivity contribution in [1.29, 1.82) is 0 Å². The SMILES string of the molecule is Cc1nc2c(-c3nccn3-c3c(C)cc(-c4ccccc4)cc3C)cccc2o1. The van der Waals surface area contributed by atoms with Gasteiger partial charge in [-0.1, -0.05) is 36.4 Å². The number of hydrogen-bond donors (Lipinski definition) is 0. The summed E-state index contributed by atoms with van der Waals surface area (Å²) in [5.41, 5.74) is 8.58. The first-order valence-electron chi connectivity index (χ1n) is 9.69. The molecule has 0 aliphatic heterocycles. The van der Waals surface area contributed by atoms with Crippen molar-refractivity contribution in [2.45, 2.75) is 20.8 Å². The van der Waals surface area contributed by atoms with Crippen LogP contribution in [0.15, 0.2) is 77.5 Å². The lowest BCUT2D eigenvalue weighted by Crippen LogP contribution is -2.02. The van der Waals surface area contributed by atoms with Crippen molar-refractivity contribution in [3.63, 3.8) is 0 Å². The molecule has 2 aromatic heterocycles. The Hall–Kier alpha value is -3.66. The summed E-state index contributed by atoms with van der Waals surface area (Å²) in [4.78, 5) is 9.25. The van der Waals surface area contributed by atoms with Crippen LogP contribution < -0.4 is 0 Å². The second kappa shape index (κ2) is 6.74. The molecule has 0 aliphatic rings. The van der Waals surface area contributed by atoms with Gasteiger partial charge in [0.1, 0.15) is 11.3 Å². The molecule has 0 bridgehead atoms. The molecule has 5 rings (SSSR count). The Morgan fingerprint density at radius 1 is 0.828 bits per heavy atom. The first-order valence-corrected chi connectivity index (χ1v) is 9.69. The number of aromatic nitrogens is 3. The summed E-state index contributed by atoms with van der Waals surface area (Å²) >= 11 is 0. The number of rotatable bonds is 3. The van der Waals surface area contributed by atoms with Gasteiger partial charge in [-0.2, -0.15) is 0 Å². The molecule has 4 heteroatoms. The first-order chi connectivity index (χ1) is 14.1. The average Bonchev–Trinajstić information content (AvgIpc) is 3.33. The zero-order valence-electron chi connectivity index (χ0n) is 16.7. The predicted molar refractivity (Wildman–Crippen MR) is 116 cm³/mol. The lowest BCUT2D eigenvalue weighted by atomic mass is 9.98. The van der Waals surface area contributed by atoms with Gasteiger partial charge in [0.15, 0.2) is 11.5 Å². The highest BCUT2D eigenvalue weighted by Crippen LogP contribution is 2.33. The Labute approximate surface area is 169 Å². The van der Waals surface area contributed by atoms with Crippen LogP contribution in [0.3, 0.4) is 0 Å². The molecule has 0 spiro atoms. The molecule has 0 N–H and O–H groups in total. The van der Waals surface area contributed by atoms with Crippen molar-refractivity contribution in [3.05, 3.63) is 90.1 Å². The van der Waals surface area contributed by atoms with Gasteiger partial charge in [-0.3, -0.25) is 4.57 Å². The summed E-state index contributed by atoms with van der Waals surface area (Å²) in [6, 6.07) is 20.9. The minimum atomic E-state index is 0.658. The van der Waals surface area contributed by atoms with Crippen LogP contribution in [-0.4, -0.2) is 14.5 Å². The zero-order chi connectivity index (χ0) is 20.0. The van der Waals surface area contributed by atoms with Crippen molar-refractivity contribution in [2.75, 3.05) is 0 Å². The summed E-state index contributed by atoms with van der Waals surface area (Å²) < 4.78 is 7.87. The number of benzene rings is 3. The number of nitrogens with zero attached hydrogens (tertiary/aromatic N) is 3. The third-order valence-electron chi connectivity index (χ3n) is 5.25. The summed E-state index contributed by atoms with van der Waals surface area (Å²) in [6.07, 6.45) is 3.85. The molecule has 0 fully saturated rings. The van der Waals surface area contributed by atoms with Gasteiger partial charge < -0.3 is 4.42 Å². The van der Waals surface area contributed by atoms with Crippen molar-refractivity contribution in [2.24, 2.45) is 0 Å². The van der Waals surface area contributed by atoms with Crippen LogP contribution in [0.1, 0.15) is 17.0 Å². The van der Waals surface area contributed by atoms with Crippen LogP contribution in [0, 0.1) is 20.8 Å². The molecule has 0 aliphatic carbocycles. The van der Waals surface area contributed by atoms with E-state index < -0.39 is 0 Å². The number of fused-ring (bicyclic) bond motifs is 1. The van der Waals surface area contributed by atoms with E-state index in [-0.39, 0.29) is 0 Å². The average molecular weight is 379 g/mol. The van der Waals surface area contributed by atoms with Gasteiger partial charge in [-0.05, 0) is 60.4 Å². The summed E-state index contributed by atoms with van der Waals surface area (Å²) in [5, 5.41) is 0. The van der Waals surface area contributed by atoms with Gasteiger partial charge in [-0.25, -0.2) is 9.97 Å². The smallest absolute Gasteiger partial charge is 0.192 e. The topological polar surface area (TPSA) is 43.9 Å². The third-order valence-corrected chi connectivity index (χ3v) is 5.25. The highest BCUT2D eigenvalue weighted by Gasteiger charge is 2.17. The molecule has 5 aromatic rings. The maximum Gasteiger partial charge on any atom is 0.192 e. The van der Waals surface area contributed by atoms with Crippen LogP contribution in [0.5, 0.6) is 0 Å². The van der Waals surface area contributed by atoms with E-state index in [9.17, 15) is 0 Å². The summed E-state index contributed by atoms with van der Waals surface area (Å²) in [7, 11) is 0. The Morgan fingerprint density at radius 3 is 2.34 bits per heavy atom. The molecular formula is C25H21N3O. The van der Waals surface area contributed by atoms with Gasteiger partial charge in [0, 0.05) is 24.9 Å². The molecule has 0 radical (unpaired) electrons. The maximum absolute atomic E-state index is 5.72. The molecule has 2 heterocycles. The largest absolute Gasteiger partial charge is 0.441 e. The van der Waals surface area contributed by atoms with Gasteiger partial charge in [0.25, 0.3) is 0 Å². The molecule has 0 atom stereocenters. The minimum absolute atomic E-state index is 0.658. The van der Waals surface area contributed by atoms with Crippen LogP contribution in [0.2, 0.25) is 0 Å². The van der Waals surface area contributed by atoms with Crippen molar-refractivity contribution < 1.29 is 4.42 Å². The molecule has 0 amide bonds. The number of aryl methyl sites for hydroxylation is 3. The van der Waals surface area contributed by atoms with Gasteiger partial charge >= 0.3 is 0 Å². The Balaban J connectivity index is 1.68. The van der Waals surface area contributed by atoms with Crippen molar-refractivity contribution in [3.8, 4) is 28.2 Å². The Bertz CT molecular complexity index is 1310. The minimum Gasteiger partial charge on any atom is -0.441 e. The molecule has 29 heavy (non-hydrogen) atoms. The maximum atomic E-state index is 5.72. The fourth-order valence-corrected chi connectivity index (χ4v) is 4.06. The van der Waals surface area contributed by atoms with E-state index in [1.165, 1.54) is 22.3 Å². The standard InChI is InChI=1S/C25H21N3O/c1-16-14-20(19-8-5-4-6-9-19)15-17(2)24(16)28-13-12-26-25(28)21-10-7-11-22-23(21)27-18(3)29-22/h4-15H,1-3H3. The number of para-hydroxylation sites is 1. The first kappa shape index (κ1) is 17.4. The molecular weight excluding hydrogens is 358 g/mol. The third kappa shape index (κ3) is 2.93.